The highest BCUT2D eigenvalue weighted by molar-refractivity contribution is 9.10. The van der Waals surface area contributed by atoms with E-state index < -0.39 is 0 Å². The van der Waals surface area contributed by atoms with E-state index in [2.05, 4.69) is 114 Å². The maximum absolute atomic E-state index is 6.01. The summed E-state index contributed by atoms with van der Waals surface area (Å²) in [5.74, 6) is 0. The number of halogens is 1. The lowest BCUT2D eigenvalue weighted by Crippen LogP contribution is -2.41. The van der Waals surface area contributed by atoms with Crippen LogP contribution in [0.1, 0.15) is 107 Å². The summed E-state index contributed by atoms with van der Waals surface area (Å²) >= 11 is 3.45. The molecule has 0 spiro atoms. The van der Waals surface area contributed by atoms with Crippen molar-refractivity contribution >= 4 is 28.6 Å². The number of benzene rings is 2. The van der Waals surface area contributed by atoms with Gasteiger partial charge in [0, 0.05) is 4.47 Å². The normalized spacial score (nSPS) is 19.9. The van der Waals surface area contributed by atoms with Crippen LogP contribution < -0.4 is 0 Å². The summed E-state index contributed by atoms with van der Waals surface area (Å²) in [5, 5.41) is 0. The lowest BCUT2D eigenvalue weighted by molar-refractivity contribution is 0.00578. The van der Waals surface area contributed by atoms with E-state index in [-0.39, 0.29) is 18.3 Å². The van der Waals surface area contributed by atoms with Gasteiger partial charge in [-0.3, -0.25) is 0 Å². The molecule has 2 aliphatic carbocycles. The summed E-state index contributed by atoms with van der Waals surface area (Å²) in [5.41, 5.74) is 9.53. The molecule has 1 heterocycles. The minimum atomic E-state index is -0.198. The molecule has 2 aromatic carbocycles. The molecule has 4 heteroatoms. The van der Waals surface area contributed by atoms with E-state index in [1.54, 1.807) is 5.57 Å². The van der Waals surface area contributed by atoms with Crippen LogP contribution in [0.3, 0.4) is 0 Å². The third-order valence-corrected chi connectivity index (χ3v) is 9.52. The molecule has 3 aliphatic rings. The van der Waals surface area contributed by atoms with Crippen molar-refractivity contribution in [2.45, 2.75) is 118 Å². The fourth-order valence-corrected chi connectivity index (χ4v) is 5.43. The van der Waals surface area contributed by atoms with Gasteiger partial charge in [0.05, 0.1) is 11.2 Å². The van der Waals surface area contributed by atoms with Gasteiger partial charge in [-0.2, -0.15) is 0 Å². The fraction of sp³-hybridized carbons (Fsp3) is 0.529. The molecule has 0 unspecified atom stereocenters. The van der Waals surface area contributed by atoms with E-state index in [9.17, 15) is 0 Å². The molecule has 1 aliphatic heterocycles. The summed E-state index contributed by atoms with van der Waals surface area (Å²) in [4.78, 5) is 0. The number of allylic oxidation sites excluding steroid dienone is 4. The first-order valence-corrected chi connectivity index (χ1v) is 15.2. The summed E-state index contributed by atoms with van der Waals surface area (Å²) in [6.45, 7) is 17.1. The van der Waals surface area contributed by atoms with Crippen LogP contribution in [0.4, 0.5) is 0 Å². The Bertz CT molecular complexity index is 1110. The second-order valence-electron chi connectivity index (χ2n) is 12.0. The van der Waals surface area contributed by atoms with Crippen LogP contribution in [0.5, 0.6) is 0 Å². The van der Waals surface area contributed by atoms with E-state index in [0.29, 0.717) is 0 Å². The van der Waals surface area contributed by atoms with Crippen LogP contribution in [0.2, 0.25) is 0 Å². The minimum absolute atomic E-state index is 0.102. The molecule has 38 heavy (non-hydrogen) atoms. The van der Waals surface area contributed by atoms with Crippen molar-refractivity contribution in [3.05, 3.63) is 86.3 Å². The van der Waals surface area contributed by atoms with E-state index in [4.69, 9.17) is 9.31 Å². The Hall–Kier alpha value is -1.62. The predicted molar refractivity (Wildman–Crippen MR) is 169 cm³/mol. The molecule has 5 rings (SSSR count). The quantitative estimate of drug-likeness (QED) is 0.330. The zero-order valence-corrected chi connectivity index (χ0v) is 26.6. The number of aryl methyl sites for hydroxylation is 2. The van der Waals surface area contributed by atoms with Crippen LogP contribution in [0.25, 0.3) is 5.57 Å². The molecule has 2 aromatic rings. The SMILES string of the molecule is CC1(C)OB(C2=CCCCC2)OC1(C)C.Cc1cccc(Br)c1C.Cc1cccc(C2=CCCCC2)c1C. The zero-order chi connectivity index (χ0) is 27.9. The Morgan fingerprint density at radius 2 is 1.24 bits per heavy atom. The third kappa shape index (κ3) is 7.96. The van der Waals surface area contributed by atoms with E-state index in [1.807, 2.05) is 6.07 Å². The molecule has 0 saturated carbocycles. The molecule has 1 fully saturated rings. The second kappa shape index (κ2) is 13.6. The monoisotopic (exact) mass is 578 g/mol. The largest absolute Gasteiger partial charge is 0.490 e. The molecule has 0 bridgehead atoms. The van der Waals surface area contributed by atoms with Crippen molar-refractivity contribution in [3.8, 4) is 0 Å². The molecule has 2 nitrogen and oxygen atoms in total. The number of hydrogen-bond acceptors (Lipinski definition) is 2. The van der Waals surface area contributed by atoms with Gasteiger partial charge in [-0.05, 0) is 152 Å². The van der Waals surface area contributed by atoms with Crippen molar-refractivity contribution in [1.82, 2.24) is 0 Å². The van der Waals surface area contributed by atoms with Gasteiger partial charge in [-0.15, -0.1) is 0 Å². The lowest BCUT2D eigenvalue weighted by Gasteiger charge is -2.32. The van der Waals surface area contributed by atoms with Crippen molar-refractivity contribution in [2.24, 2.45) is 0 Å². The molecule has 0 aromatic heterocycles. The Morgan fingerprint density at radius 1 is 0.684 bits per heavy atom. The molecule has 0 radical (unpaired) electrons. The van der Waals surface area contributed by atoms with Crippen LogP contribution in [0, 0.1) is 27.7 Å². The Labute approximate surface area is 241 Å². The van der Waals surface area contributed by atoms with Gasteiger partial charge in [-0.1, -0.05) is 58.4 Å². The van der Waals surface area contributed by atoms with Crippen LogP contribution in [-0.4, -0.2) is 18.3 Å². The van der Waals surface area contributed by atoms with Crippen LogP contribution in [0.15, 0.2) is 58.5 Å². The summed E-state index contributed by atoms with van der Waals surface area (Å²) < 4.78 is 13.2. The van der Waals surface area contributed by atoms with Crippen molar-refractivity contribution < 1.29 is 9.31 Å². The number of rotatable bonds is 2. The first kappa shape index (κ1) is 30.9. The maximum Gasteiger partial charge on any atom is 0.490 e. The topological polar surface area (TPSA) is 18.5 Å². The van der Waals surface area contributed by atoms with Crippen LogP contribution >= 0.6 is 15.9 Å². The maximum atomic E-state index is 6.01. The highest BCUT2D eigenvalue weighted by atomic mass is 79.9. The highest BCUT2D eigenvalue weighted by Gasteiger charge is 2.52. The Kier molecular flexibility index (Phi) is 11.1. The summed E-state index contributed by atoms with van der Waals surface area (Å²) in [6.07, 6.45) is 14.9. The standard InChI is InChI=1S/C14H18.C12H21BO2.C8H9Br/c1-11-7-6-10-14(12(11)2)13-8-4-3-5-9-13;1-11(2)12(3,4)15-13(14-11)10-8-6-5-7-9-10;1-6-4-3-5-8(9)7(6)2/h6-8,10H,3-5,9H2,1-2H3;8H,5-7,9H2,1-4H3;3-5H,1-2H3. The highest BCUT2D eigenvalue weighted by Crippen LogP contribution is 2.40. The predicted octanol–water partition coefficient (Wildman–Crippen LogP) is 10.4. The van der Waals surface area contributed by atoms with Gasteiger partial charge in [0.25, 0.3) is 0 Å². The molecular weight excluding hydrogens is 531 g/mol. The first-order valence-electron chi connectivity index (χ1n) is 14.4. The van der Waals surface area contributed by atoms with E-state index >= 15 is 0 Å². The van der Waals surface area contributed by atoms with Gasteiger partial charge in [0.1, 0.15) is 0 Å². The minimum Gasteiger partial charge on any atom is -0.400 e. The van der Waals surface area contributed by atoms with Crippen LogP contribution in [-0.2, 0) is 9.31 Å². The third-order valence-electron chi connectivity index (χ3n) is 8.66. The van der Waals surface area contributed by atoms with Gasteiger partial charge < -0.3 is 9.31 Å². The Balaban J connectivity index is 0.000000163. The molecule has 0 N–H and O–H groups in total. The lowest BCUT2D eigenvalue weighted by atomic mass is 9.73. The molecule has 206 valence electrons. The van der Waals surface area contributed by atoms with Crippen molar-refractivity contribution in [1.29, 1.82) is 0 Å². The first-order chi connectivity index (χ1) is 17.9. The Morgan fingerprint density at radius 3 is 1.74 bits per heavy atom. The summed E-state index contributed by atoms with van der Waals surface area (Å²) in [6, 6.07) is 12.9. The van der Waals surface area contributed by atoms with Gasteiger partial charge in [0.15, 0.2) is 0 Å². The van der Waals surface area contributed by atoms with Gasteiger partial charge in [-0.25, -0.2) is 0 Å². The zero-order valence-electron chi connectivity index (χ0n) is 25.0. The number of hydrogen-bond donors (Lipinski definition) is 0. The van der Waals surface area contributed by atoms with Gasteiger partial charge in [0.2, 0.25) is 0 Å². The molecule has 0 atom stereocenters. The van der Waals surface area contributed by atoms with Crippen molar-refractivity contribution in [2.75, 3.05) is 0 Å². The molecular formula is C34H48BBrO2. The average molecular weight is 579 g/mol. The smallest absolute Gasteiger partial charge is 0.400 e. The van der Waals surface area contributed by atoms with E-state index in [0.717, 1.165) is 6.42 Å². The fourth-order valence-electron chi connectivity index (χ4n) is 4.97. The molecule has 0 amide bonds. The second-order valence-corrected chi connectivity index (χ2v) is 12.9. The van der Waals surface area contributed by atoms with Gasteiger partial charge >= 0.3 is 7.12 Å². The van der Waals surface area contributed by atoms with E-state index in [1.165, 1.54) is 82.7 Å². The average Bonchev–Trinajstić information content (AvgIpc) is 3.12. The summed E-state index contributed by atoms with van der Waals surface area (Å²) in [7, 11) is -0.102. The van der Waals surface area contributed by atoms with Crippen molar-refractivity contribution in [3.63, 3.8) is 0 Å². The molecule has 1 saturated heterocycles.